The van der Waals surface area contributed by atoms with Crippen molar-refractivity contribution in [1.29, 1.82) is 0 Å². The zero-order valence-corrected chi connectivity index (χ0v) is 15.6. The number of rotatable bonds is 4. The molecular formula is C20H28N4O. The number of benzene rings is 1. The summed E-state index contributed by atoms with van der Waals surface area (Å²) >= 11 is 0. The predicted molar refractivity (Wildman–Crippen MR) is 99.6 cm³/mol. The Morgan fingerprint density at radius 3 is 2.76 bits per heavy atom. The van der Waals surface area contributed by atoms with E-state index >= 15 is 0 Å². The van der Waals surface area contributed by atoms with Crippen LogP contribution in [0, 0.1) is 6.92 Å². The molecule has 0 saturated heterocycles. The monoisotopic (exact) mass is 340 g/mol. The van der Waals surface area contributed by atoms with Gasteiger partial charge in [-0.25, -0.2) is 4.79 Å². The molecule has 3 rings (SSSR count). The van der Waals surface area contributed by atoms with Gasteiger partial charge in [-0.15, -0.1) is 0 Å². The van der Waals surface area contributed by atoms with Crippen molar-refractivity contribution >= 4 is 6.03 Å². The fourth-order valence-electron chi connectivity index (χ4n) is 3.41. The molecule has 5 nitrogen and oxygen atoms in total. The molecule has 1 heterocycles. The van der Waals surface area contributed by atoms with Gasteiger partial charge in [0.05, 0.1) is 6.20 Å². The molecule has 0 radical (unpaired) electrons. The molecule has 5 heteroatoms. The van der Waals surface area contributed by atoms with Crippen molar-refractivity contribution in [3.8, 4) is 0 Å². The van der Waals surface area contributed by atoms with Crippen LogP contribution in [0.15, 0.2) is 30.5 Å². The van der Waals surface area contributed by atoms with Crippen molar-refractivity contribution in [2.45, 2.75) is 58.7 Å². The number of fused-ring (bicyclic) bond motifs is 1. The maximum atomic E-state index is 12.5. The van der Waals surface area contributed by atoms with E-state index in [9.17, 15) is 4.79 Å². The molecule has 1 aromatic carbocycles. The Kier molecular flexibility index (Phi) is 5.11. The van der Waals surface area contributed by atoms with Crippen LogP contribution in [0.25, 0.3) is 0 Å². The first-order valence-corrected chi connectivity index (χ1v) is 9.06. The van der Waals surface area contributed by atoms with Crippen molar-refractivity contribution in [3.05, 3.63) is 52.8 Å². The molecule has 2 aromatic rings. The SMILES string of the molecule is Cc1ccc(CN(C)C(=O)NC2CCc3cnn(C(C)C)c3C2)cc1. The van der Waals surface area contributed by atoms with Crippen molar-refractivity contribution in [1.82, 2.24) is 20.0 Å². The topological polar surface area (TPSA) is 50.2 Å². The lowest BCUT2D eigenvalue weighted by Gasteiger charge is -2.27. The summed E-state index contributed by atoms with van der Waals surface area (Å²) in [5.41, 5.74) is 4.97. The third-order valence-electron chi connectivity index (χ3n) is 4.89. The lowest BCUT2D eigenvalue weighted by Crippen LogP contribution is -2.45. The van der Waals surface area contributed by atoms with Crippen molar-refractivity contribution in [2.24, 2.45) is 0 Å². The minimum atomic E-state index is -0.00960. The highest BCUT2D eigenvalue weighted by atomic mass is 16.2. The van der Waals surface area contributed by atoms with Crippen molar-refractivity contribution in [2.75, 3.05) is 7.05 Å². The normalized spacial score (nSPS) is 16.6. The number of hydrogen-bond acceptors (Lipinski definition) is 2. The van der Waals surface area contributed by atoms with Gasteiger partial charge >= 0.3 is 6.03 Å². The zero-order chi connectivity index (χ0) is 18.0. The molecule has 0 fully saturated rings. The number of hydrogen-bond donors (Lipinski definition) is 1. The second kappa shape index (κ2) is 7.30. The van der Waals surface area contributed by atoms with Crippen LogP contribution in [0.4, 0.5) is 4.79 Å². The Morgan fingerprint density at radius 2 is 2.08 bits per heavy atom. The number of amides is 2. The molecule has 0 saturated carbocycles. The predicted octanol–water partition coefficient (Wildman–Crippen LogP) is 3.47. The fourth-order valence-corrected chi connectivity index (χ4v) is 3.41. The third kappa shape index (κ3) is 4.03. The molecule has 2 amide bonds. The van der Waals surface area contributed by atoms with Crippen LogP contribution in [-0.4, -0.2) is 33.8 Å². The van der Waals surface area contributed by atoms with E-state index in [0.717, 1.165) is 24.8 Å². The molecule has 0 bridgehead atoms. The Balaban J connectivity index is 1.59. The van der Waals surface area contributed by atoms with Gasteiger partial charge in [0.2, 0.25) is 0 Å². The third-order valence-corrected chi connectivity index (χ3v) is 4.89. The Hall–Kier alpha value is -2.30. The maximum absolute atomic E-state index is 12.5. The smallest absolute Gasteiger partial charge is 0.317 e. The lowest BCUT2D eigenvalue weighted by molar-refractivity contribution is 0.201. The summed E-state index contributed by atoms with van der Waals surface area (Å²) in [6.07, 6.45) is 4.80. The largest absolute Gasteiger partial charge is 0.335 e. The minimum Gasteiger partial charge on any atom is -0.335 e. The van der Waals surface area contributed by atoms with E-state index < -0.39 is 0 Å². The molecule has 1 aliphatic rings. The molecule has 1 N–H and O–H groups in total. The number of nitrogens with zero attached hydrogens (tertiary/aromatic N) is 3. The minimum absolute atomic E-state index is 0.00960. The summed E-state index contributed by atoms with van der Waals surface area (Å²) in [5, 5.41) is 7.70. The summed E-state index contributed by atoms with van der Waals surface area (Å²) in [5.74, 6) is 0. The van der Waals surface area contributed by atoms with Gasteiger partial charge < -0.3 is 10.2 Å². The number of carbonyl (C=O) groups is 1. The number of carbonyl (C=O) groups excluding carboxylic acids is 1. The van der Waals surface area contributed by atoms with Crippen LogP contribution in [0.5, 0.6) is 0 Å². The first-order chi connectivity index (χ1) is 11.9. The quantitative estimate of drug-likeness (QED) is 0.926. The Morgan fingerprint density at radius 1 is 1.36 bits per heavy atom. The fraction of sp³-hybridized carbons (Fsp3) is 0.500. The van der Waals surface area contributed by atoms with Gasteiger partial charge in [-0.05, 0) is 44.7 Å². The maximum Gasteiger partial charge on any atom is 0.317 e. The molecule has 0 spiro atoms. The number of urea groups is 1. The van der Waals surface area contributed by atoms with Crippen LogP contribution in [0.3, 0.4) is 0 Å². The van der Waals surface area contributed by atoms with Crippen LogP contribution in [0.1, 0.15) is 48.7 Å². The van der Waals surface area contributed by atoms with E-state index in [1.165, 1.54) is 16.8 Å². The average Bonchev–Trinajstić information content (AvgIpc) is 3.00. The lowest BCUT2D eigenvalue weighted by atomic mass is 9.93. The highest BCUT2D eigenvalue weighted by molar-refractivity contribution is 5.74. The zero-order valence-electron chi connectivity index (χ0n) is 15.6. The summed E-state index contributed by atoms with van der Waals surface area (Å²) in [7, 11) is 1.85. The van der Waals surface area contributed by atoms with Crippen LogP contribution >= 0.6 is 0 Å². The van der Waals surface area contributed by atoms with Gasteiger partial charge in [-0.2, -0.15) is 5.10 Å². The van der Waals surface area contributed by atoms with Crippen LogP contribution in [-0.2, 0) is 19.4 Å². The molecule has 0 aliphatic heterocycles. The second-order valence-corrected chi connectivity index (χ2v) is 7.39. The van der Waals surface area contributed by atoms with Gasteiger partial charge in [0.15, 0.2) is 0 Å². The van der Waals surface area contributed by atoms with Crippen molar-refractivity contribution in [3.63, 3.8) is 0 Å². The number of aryl methyl sites for hydroxylation is 2. The molecule has 25 heavy (non-hydrogen) atoms. The van der Waals surface area contributed by atoms with Gasteiger partial charge in [0.25, 0.3) is 0 Å². The van der Waals surface area contributed by atoms with Crippen molar-refractivity contribution < 1.29 is 4.79 Å². The highest BCUT2D eigenvalue weighted by Crippen LogP contribution is 2.23. The summed E-state index contributed by atoms with van der Waals surface area (Å²) in [6.45, 7) is 6.98. The second-order valence-electron chi connectivity index (χ2n) is 7.39. The summed E-state index contributed by atoms with van der Waals surface area (Å²) in [6, 6.07) is 8.83. The summed E-state index contributed by atoms with van der Waals surface area (Å²) < 4.78 is 2.09. The average molecular weight is 340 g/mol. The van der Waals surface area contributed by atoms with E-state index in [2.05, 4.69) is 60.1 Å². The van der Waals surface area contributed by atoms with E-state index in [0.29, 0.717) is 12.6 Å². The van der Waals surface area contributed by atoms with Gasteiger partial charge in [-0.3, -0.25) is 4.68 Å². The van der Waals surface area contributed by atoms with E-state index in [1.54, 1.807) is 4.90 Å². The van der Waals surface area contributed by atoms with E-state index in [1.807, 2.05) is 13.2 Å². The molecular weight excluding hydrogens is 312 g/mol. The Labute approximate surface area is 150 Å². The number of nitrogens with one attached hydrogen (secondary N) is 1. The standard InChI is InChI=1S/C20H28N4O/c1-14(2)24-19-11-18(10-9-17(19)12-21-24)22-20(25)23(4)13-16-7-5-15(3)6-8-16/h5-8,12,14,18H,9-11,13H2,1-4H3,(H,22,25). The molecule has 1 unspecified atom stereocenters. The Bertz CT molecular complexity index is 733. The van der Waals surface area contributed by atoms with Crippen LogP contribution in [0.2, 0.25) is 0 Å². The number of aromatic nitrogens is 2. The molecule has 1 aliphatic carbocycles. The molecule has 134 valence electrons. The molecule has 1 aromatic heterocycles. The summed E-state index contributed by atoms with van der Waals surface area (Å²) in [4.78, 5) is 14.3. The van der Waals surface area contributed by atoms with E-state index in [-0.39, 0.29) is 12.1 Å². The van der Waals surface area contributed by atoms with Crippen LogP contribution < -0.4 is 5.32 Å². The van der Waals surface area contributed by atoms with E-state index in [4.69, 9.17) is 0 Å². The van der Waals surface area contributed by atoms with Gasteiger partial charge in [0.1, 0.15) is 0 Å². The van der Waals surface area contributed by atoms with Gasteiger partial charge in [-0.1, -0.05) is 29.8 Å². The first kappa shape index (κ1) is 17.5. The molecule has 1 atom stereocenters. The van der Waals surface area contributed by atoms with Gasteiger partial charge in [0, 0.05) is 37.8 Å². The highest BCUT2D eigenvalue weighted by Gasteiger charge is 2.25. The first-order valence-electron chi connectivity index (χ1n) is 9.06.